The first kappa shape index (κ1) is 14.8. The molecule has 0 aliphatic carbocycles. The van der Waals surface area contributed by atoms with Crippen LogP contribution in [0.5, 0.6) is 11.5 Å². The number of nitrogens with zero attached hydrogens (tertiary/aromatic N) is 2. The van der Waals surface area contributed by atoms with Crippen LogP contribution in [0.25, 0.3) is 0 Å². The molecule has 1 atom stereocenters. The summed E-state index contributed by atoms with van der Waals surface area (Å²) in [6.07, 6.45) is 1.52. The van der Waals surface area contributed by atoms with E-state index in [1.807, 2.05) is 6.07 Å². The van der Waals surface area contributed by atoms with Crippen molar-refractivity contribution in [3.05, 3.63) is 23.8 Å². The zero-order valence-corrected chi connectivity index (χ0v) is 13.0. The van der Waals surface area contributed by atoms with Crippen molar-refractivity contribution < 1.29 is 23.9 Å². The second-order valence-electron chi connectivity index (χ2n) is 6.02. The van der Waals surface area contributed by atoms with Gasteiger partial charge in [-0.3, -0.25) is 14.5 Å². The SMILES string of the molecule is O=C(CN1C(=O)[C@H]2CCCN2C1=O)NCc1ccc2c(c1)OCO2. The molecular formula is C16H17N3O5. The van der Waals surface area contributed by atoms with E-state index in [-0.39, 0.29) is 37.2 Å². The van der Waals surface area contributed by atoms with E-state index in [1.165, 1.54) is 0 Å². The molecule has 0 aromatic heterocycles. The Morgan fingerprint density at radius 2 is 2.08 bits per heavy atom. The van der Waals surface area contributed by atoms with Crippen LogP contribution in [0, 0.1) is 0 Å². The van der Waals surface area contributed by atoms with E-state index in [0.29, 0.717) is 31.0 Å². The summed E-state index contributed by atoms with van der Waals surface area (Å²) >= 11 is 0. The Balaban J connectivity index is 1.34. The molecule has 0 unspecified atom stereocenters. The average molecular weight is 331 g/mol. The highest BCUT2D eigenvalue weighted by Gasteiger charge is 2.47. The molecule has 126 valence electrons. The summed E-state index contributed by atoms with van der Waals surface area (Å²) in [5, 5.41) is 2.72. The van der Waals surface area contributed by atoms with Gasteiger partial charge in [-0.05, 0) is 30.5 Å². The zero-order valence-electron chi connectivity index (χ0n) is 13.0. The predicted molar refractivity (Wildman–Crippen MR) is 81.2 cm³/mol. The smallest absolute Gasteiger partial charge is 0.327 e. The normalized spacial score (nSPS) is 21.4. The number of rotatable bonds is 4. The number of hydrogen-bond acceptors (Lipinski definition) is 5. The Labute approximate surface area is 138 Å². The predicted octanol–water partition coefficient (Wildman–Crippen LogP) is 0.458. The molecule has 1 aromatic carbocycles. The monoisotopic (exact) mass is 331 g/mol. The summed E-state index contributed by atoms with van der Waals surface area (Å²) in [5.41, 5.74) is 0.854. The van der Waals surface area contributed by atoms with Gasteiger partial charge in [0.2, 0.25) is 12.7 Å². The minimum atomic E-state index is -0.376. The average Bonchev–Trinajstić information content (AvgIpc) is 3.28. The number of carbonyl (C=O) groups is 3. The van der Waals surface area contributed by atoms with Gasteiger partial charge in [-0.25, -0.2) is 4.79 Å². The molecule has 0 spiro atoms. The van der Waals surface area contributed by atoms with E-state index >= 15 is 0 Å². The van der Waals surface area contributed by atoms with Gasteiger partial charge in [-0.2, -0.15) is 0 Å². The number of benzene rings is 1. The third-order valence-corrected chi connectivity index (χ3v) is 4.51. The molecule has 3 aliphatic rings. The lowest BCUT2D eigenvalue weighted by Gasteiger charge is -2.15. The molecule has 4 amide bonds. The van der Waals surface area contributed by atoms with Crippen LogP contribution >= 0.6 is 0 Å². The lowest BCUT2D eigenvalue weighted by Crippen LogP contribution is -2.41. The first-order valence-corrected chi connectivity index (χ1v) is 7.91. The van der Waals surface area contributed by atoms with Gasteiger partial charge < -0.3 is 19.7 Å². The fraction of sp³-hybridized carbons (Fsp3) is 0.438. The van der Waals surface area contributed by atoms with Crippen molar-refractivity contribution in [1.82, 2.24) is 15.1 Å². The maximum atomic E-state index is 12.2. The van der Waals surface area contributed by atoms with Crippen molar-refractivity contribution >= 4 is 17.8 Å². The molecule has 0 bridgehead atoms. The quantitative estimate of drug-likeness (QED) is 0.810. The number of fused-ring (bicyclic) bond motifs is 2. The molecule has 2 saturated heterocycles. The molecule has 0 saturated carbocycles. The summed E-state index contributed by atoms with van der Waals surface area (Å²) in [5.74, 6) is 0.692. The largest absolute Gasteiger partial charge is 0.454 e. The third kappa shape index (κ3) is 2.44. The van der Waals surface area contributed by atoms with Gasteiger partial charge in [0.05, 0.1) is 0 Å². The van der Waals surface area contributed by atoms with Gasteiger partial charge >= 0.3 is 6.03 Å². The van der Waals surface area contributed by atoms with Crippen molar-refractivity contribution in [2.45, 2.75) is 25.4 Å². The van der Waals surface area contributed by atoms with Crippen LogP contribution in [0.15, 0.2) is 18.2 Å². The molecule has 8 nitrogen and oxygen atoms in total. The van der Waals surface area contributed by atoms with Gasteiger partial charge in [0.15, 0.2) is 11.5 Å². The van der Waals surface area contributed by atoms with E-state index in [0.717, 1.165) is 16.9 Å². The Bertz CT molecular complexity index is 698. The van der Waals surface area contributed by atoms with Gasteiger partial charge in [-0.1, -0.05) is 6.07 Å². The number of carbonyl (C=O) groups excluding carboxylic acids is 3. The highest BCUT2D eigenvalue weighted by Crippen LogP contribution is 2.32. The number of ether oxygens (including phenoxy) is 2. The molecule has 2 fully saturated rings. The van der Waals surface area contributed by atoms with Crippen LogP contribution in [-0.4, -0.2) is 53.6 Å². The standard InChI is InChI=1S/C16H17N3O5/c20-14(8-19-15(21)11-2-1-5-18(11)16(19)22)17-7-10-3-4-12-13(6-10)24-9-23-12/h3-4,6,11H,1-2,5,7-9H2,(H,17,20)/t11-/m1/s1. The number of amides is 4. The van der Waals surface area contributed by atoms with Crippen LogP contribution in [0.4, 0.5) is 4.79 Å². The van der Waals surface area contributed by atoms with Crippen LogP contribution in [0.1, 0.15) is 18.4 Å². The summed E-state index contributed by atoms with van der Waals surface area (Å²) in [4.78, 5) is 39.0. The van der Waals surface area contributed by atoms with E-state index < -0.39 is 0 Å². The van der Waals surface area contributed by atoms with E-state index in [4.69, 9.17) is 9.47 Å². The van der Waals surface area contributed by atoms with Crippen molar-refractivity contribution in [3.63, 3.8) is 0 Å². The molecule has 3 aliphatic heterocycles. The fourth-order valence-electron chi connectivity index (χ4n) is 3.28. The molecule has 4 rings (SSSR count). The van der Waals surface area contributed by atoms with Crippen molar-refractivity contribution in [1.29, 1.82) is 0 Å². The maximum Gasteiger partial charge on any atom is 0.327 e. The first-order chi connectivity index (χ1) is 11.6. The van der Waals surface area contributed by atoms with Gasteiger partial charge in [0.25, 0.3) is 5.91 Å². The highest BCUT2D eigenvalue weighted by atomic mass is 16.7. The van der Waals surface area contributed by atoms with Gasteiger partial charge in [0.1, 0.15) is 12.6 Å². The molecule has 24 heavy (non-hydrogen) atoms. The zero-order chi connectivity index (χ0) is 16.7. The lowest BCUT2D eigenvalue weighted by atomic mass is 10.2. The van der Waals surface area contributed by atoms with Crippen LogP contribution in [0.2, 0.25) is 0 Å². The second-order valence-corrected chi connectivity index (χ2v) is 6.02. The topological polar surface area (TPSA) is 88.2 Å². The number of hydrogen-bond donors (Lipinski definition) is 1. The fourth-order valence-corrected chi connectivity index (χ4v) is 3.28. The molecule has 1 aromatic rings. The lowest BCUT2D eigenvalue weighted by molar-refractivity contribution is -0.132. The third-order valence-electron chi connectivity index (χ3n) is 4.51. The van der Waals surface area contributed by atoms with Gasteiger partial charge in [-0.15, -0.1) is 0 Å². The van der Waals surface area contributed by atoms with E-state index in [2.05, 4.69) is 5.32 Å². The Morgan fingerprint density at radius 3 is 2.92 bits per heavy atom. The minimum Gasteiger partial charge on any atom is -0.454 e. The first-order valence-electron chi connectivity index (χ1n) is 7.91. The number of urea groups is 1. The Morgan fingerprint density at radius 1 is 1.25 bits per heavy atom. The van der Waals surface area contributed by atoms with E-state index in [1.54, 1.807) is 17.0 Å². The Hall–Kier alpha value is -2.77. The van der Waals surface area contributed by atoms with Crippen molar-refractivity contribution in [3.8, 4) is 11.5 Å². The number of nitrogens with one attached hydrogen (secondary N) is 1. The molecular weight excluding hydrogens is 314 g/mol. The summed E-state index contributed by atoms with van der Waals surface area (Å²) in [7, 11) is 0. The van der Waals surface area contributed by atoms with Crippen molar-refractivity contribution in [2.75, 3.05) is 19.9 Å². The van der Waals surface area contributed by atoms with Crippen molar-refractivity contribution in [2.24, 2.45) is 0 Å². The summed E-state index contributed by atoms with van der Waals surface area (Å²) in [6, 6.07) is 4.67. The van der Waals surface area contributed by atoms with Crippen LogP contribution in [-0.2, 0) is 16.1 Å². The second kappa shape index (κ2) is 5.70. The molecule has 3 heterocycles. The summed E-state index contributed by atoms with van der Waals surface area (Å²) < 4.78 is 10.5. The molecule has 0 radical (unpaired) electrons. The summed E-state index contributed by atoms with van der Waals surface area (Å²) in [6.45, 7) is 0.834. The highest BCUT2D eigenvalue weighted by molar-refractivity contribution is 6.06. The molecule has 1 N–H and O–H groups in total. The van der Waals surface area contributed by atoms with Crippen LogP contribution < -0.4 is 14.8 Å². The Kier molecular flexibility index (Phi) is 3.51. The minimum absolute atomic E-state index is 0.196. The van der Waals surface area contributed by atoms with E-state index in [9.17, 15) is 14.4 Å². The van der Waals surface area contributed by atoms with Crippen LogP contribution in [0.3, 0.4) is 0 Å². The molecule has 8 heteroatoms. The van der Waals surface area contributed by atoms with Gasteiger partial charge in [0, 0.05) is 13.1 Å². The number of imide groups is 1. The maximum absolute atomic E-state index is 12.2.